The van der Waals surface area contributed by atoms with Crippen molar-refractivity contribution in [3.63, 3.8) is 0 Å². The van der Waals surface area contributed by atoms with Crippen molar-refractivity contribution >= 4 is 5.97 Å². The lowest BCUT2D eigenvalue weighted by atomic mass is 10.1. The Morgan fingerprint density at radius 1 is 1.38 bits per heavy atom. The van der Waals surface area contributed by atoms with Gasteiger partial charge in [-0.15, -0.1) is 0 Å². The number of hydrogen-bond acceptors (Lipinski definition) is 4. The molecule has 1 aromatic carbocycles. The number of phenolic OH excluding ortho intramolecular Hbond substituents is 1. The molecule has 0 atom stereocenters. The number of carboxylic acid groups (broad SMARTS) is 1. The monoisotopic (exact) mass is 219 g/mol. The van der Waals surface area contributed by atoms with Crippen LogP contribution in [-0.2, 0) is 0 Å². The third-order valence-electron chi connectivity index (χ3n) is 2.20. The second kappa shape index (κ2) is 3.69. The second-order valence-electron chi connectivity index (χ2n) is 3.38. The molecule has 0 aliphatic rings. The first kappa shape index (κ1) is 10.2. The number of aromatic hydroxyl groups is 1. The molecular formula is C11H9NO4. The Balaban J connectivity index is 2.46. The Labute approximate surface area is 90.9 Å². The molecule has 0 saturated carbocycles. The summed E-state index contributed by atoms with van der Waals surface area (Å²) in [6.07, 6.45) is 0. The van der Waals surface area contributed by atoms with Crippen LogP contribution in [0.1, 0.15) is 16.1 Å². The van der Waals surface area contributed by atoms with Gasteiger partial charge in [0.2, 0.25) is 0 Å². The molecule has 82 valence electrons. The predicted molar refractivity (Wildman–Crippen MR) is 55.3 cm³/mol. The third-order valence-corrected chi connectivity index (χ3v) is 2.20. The van der Waals surface area contributed by atoms with E-state index in [0.29, 0.717) is 11.3 Å². The summed E-state index contributed by atoms with van der Waals surface area (Å²) in [6.45, 7) is 1.79. The van der Waals surface area contributed by atoms with E-state index in [1.807, 2.05) is 0 Å². The van der Waals surface area contributed by atoms with E-state index in [-0.39, 0.29) is 11.4 Å². The quantitative estimate of drug-likeness (QED) is 0.807. The molecule has 1 aromatic heterocycles. The van der Waals surface area contributed by atoms with Crippen LogP contribution in [0.4, 0.5) is 0 Å². The molecule has 2 aromatic rings. The van der Waals surface area contributed by atoms with Crippen molar-refractivity contribution in [1.29, 1.82) is 0 Å². The highest BCUT2D eigenvalue weighted by Gasteiger charge is 2.13. The van der Waals surface area contributed by atoms with Crippen molar-refractivity contribution in [3.05, 3.63) is 35.5 Å². The van der Waals surface area contributed by atoms with Crippen molar-refractivity contribution < 1.29 is 19.5 Å². The molecule has 1 heterocycles. The average molecular weight is 219 g/mol. The summed E-state index contributed by atoms with van der Waals surface area (Å²) in [5.74, 6) is -0.611. The van der Waals surface area contributed by atoms with Gasteiger partial charge in [0.25, 0.3) is 0 Å². The summed E-state index contributed by atoms with van der Waals surface area (Å²) in [7, 11) is 0. The Kier molecular flexibility index (Phi) is 2.36. The van der Waals surface area contributed by atoms with E-state index in [2.05, 4.69) is 5.16 Å². The van der Waals surface area contributed by atoms with Crippen LogP contribution in [0.3, 0.4) is 0 Å². The summed E-state index contributed by atoms with van der Waals surface area (Å²) < 4.78 is 4.92. The van der Waals surface area contributed by atoms with Gasteiger partial charge < -0.3 is 14.7 Å². The van der Waals surface area contributed by atoms with Crippen molar-refractivity contribution in [3.8, 4) is 17.1 Å². The molecule has 0 saturated heterocycles. The van der Waals surface area contributed by atoms with Crippen molar-refractivity contribution in [1.82, 2.24) is 5.16 Å². The van der Waals surface area contributed by atoms with Crippen LogP contribution in [0.15, 0.2) is 28.8 Å². The molecule has 0 aliphatic heterocycles. The fourth-order valence-electron chi connectivity index (χ4n) is 1.43. The number of aromatic nitrogens is 1. The number of rotatable bonds is 2. The van der Waals surface area contributed by atoms with Gasteiger partial charge in [-0.25, -0.2) is 4.79 Å². The lowest BCUT2D eigenvalue weighted by Crippen LogP contribution is -1.94. The number of hydrogen-bond donors (Lipinski definition) is 2. The smallest absolute Gasteiger partial charge is 0.358 e. The minimum atomic E-state index is -1.13. The zero-order chi connectivity index (χ0) is 11.7. The molecule has 0 unspecified atom stereocenters. The topological polar surface area (TPSA) is 83.6 Å². The zero-order valence-corrected chi connectivity index (χ0v) is 8.47. The molecule has 0 fully saturated rings. The molecule has 0 aliphatic carbocycles. The van der Waals surface area contributed by atoms with E-state index in [4.69, 9.17) is 9.63 Å². The fourth-order valence-corrected chi connectivity index (χ4v) is 1.43. The summed E-state index contributed by atoms with van der Waals surface area (Å²) in [5.41, 5.74) is 1.35. The number of benzene rings is 1. The first-order valence-corrected chi connectivity index (χ1v) is 4.58. The van der Waals surface area contributed by atoms with E-state index in [9.17, 15) is 9.90 Å². The first-order valence-electron chi connectivity index (χ1n) is 4.58. The van der Waals surface area contributed by atoms with Crippen LogP contribution < -0.4 is 0 Å². The van der Waals surface area contributed by atoms with Gasteiger partial charge in [0.1, 0.15) is 5.75 Å². The molecule has 5 nitrogen and oxygen atoms in total. The van der Waals surface area contributed by atoms with E-state index < -0.39 is 5.97 Å². The van der Waals surface area contributed by atoms with Gasteiger partial charge in [0, 0.05) is 11.6 Å². The summed E-state index contributed by atoms with van der Waals surface area (Å²) in [6, 6.07) is 6.07. The summed E-state index contributed by atoms with van der Waals surface area (Å²) in [5, 5.41) is 21.4. The molecule has 0 amide bonds. The lowest BCUT2D eigenvalue weighted by molar-refractivity contribution is 0.0686. The van der Waals surface area contributed by atoms with Gasteiger partial charge in [-0.1, -0.05) is 5.16 Å². The van der Waals surface area contributed by atoms with Crippen LogP contribution in [0, 0.1) is 6.92 Å². The minimum absolute atomic E-state index is 0.137. The number of carbonyl (C=O) groups is 1. The van der Waals surface area contributed by atoms with Crippen molar-refractivity contribution in [2.75, 3.05) is 0 Å². The van der Waals surface area contributed by atoms with Crippen LogP contribution in [0.2, 0.25) is 0 Å². The standard InChI is InChI=1S/C11H9NO4/c1-6-4-7(13)2-3-8(6)10-5-9(11(14)15)12-16-10/h2-5,13H,1H3,(H,14,15). The third kappa shape index (κ3) is 1.75. The van der Waals surface area contributed by atoms with Crippen LogP contribution in [0.25, 0.3) is 11.3 Å². The molecule has 2 rings (SSSR count). The molecule has 0 bridgehead atoms. The normalized spacial score (nSPS) is 10.3. The largest absolute Gasteiger partial charge is 0.508 e. The molecule has 0 radical (unpaired) electrons. The van der Waals surface area contributed by atoms with Gasteiger partial charge in [0.15, 0.2) is 11.5 Å². The summed E-state index contributed by atoms with van der Waals surface area (Å²) in [4.78, 5) is 10.6. The fraction of sp³-hybridized carbons (Fsp3) is 0.0909. The molecule has 0 spiro atoms. The second-order valence-corrected chi connectivity index (χ2v) is 3.38. The van der Waals surface area contributed by atoms with Gasteiger partial charge in [-0.3, -0.25) is 0 Å². The van der Waals surface area contributed by atoms with Crippen molar-refractivity contribution in [2.24, 2.45) is 0 Å². The maximum Gasteiger partial charge on any atom is 0.358 e. The van der Waals surface area contributed by atoms with Crippen LogP contribution >= 0.6 is 0 Å². The molecule has 5 heteroatoms. The number of nitrogens with zero attached hydrogens (tertiary/aromatic N) is 1. The Bertz CT molecular complexity index is 545. The minimum Gasteiger partial charge on any atom is -0.508 e. The van der Waals surface area contributed by atoms with E-state index in [0.717, 1.165) is 5.56 Å². The van der Waals surface area contributed by atoms with E-state index in [1.54, 1.807) is 19.1 Å². The highest BCUT2D eigenvalue weighted by molar-refractivity contribution is 5.86. The van der Waals surface area contributed by atoms with E-state index in [1.165, 1.54) is 12.1 Å². The first-order chi connectivity index (χ1) is 7.58. The lowest BCUT2D eigenvalue weighted by Gasteiger charge is -2.01. The highest BCUT2D eigenvalue weighted by atomic mass is 16.5. The van der Waals surface area contributed by atoms with Gasteiger partial charge in [-0.05, 0) is 30.7 Å². The molecule has 16 heavy (non-hydrogen) atoms. The van der Waals surface area contributed by atoms with Crippen LogP contribution in [-0.4, -0.2) is 21.3 Å². The zero-order valence-electron chi connectivity index (χ0n) is 8.47. The molecule has 2 N–H and O–H groups in total. The maximum atomic E-state index is 10.6. The Hall–Kier alpha value is -2.30. The Morgan fingerprint density at radius 3 is 2.69 bits per heavy atom. The number of carboxylic acids is 1. The maximum absolute atomic E-state index is 10.6. The highest BCUT2D eigenvalue weighted by Crippen LogP contribution is 2.26. The number of aryl methyl sites for hydroxylation is 1. The number of phenols is 1. The van der Waals surface area contributed by atoms with Gasteiger partial charge in [-0.2, -0.15) is 0 Å². The van der Waals surface area contributed by atoms with Crippen LogP contribution in [0.5, 0.6) is 5.75 Å². The van der Waals surface area contributed by atoms with Gasteiger partial charge in [0.05, 0.1) is 0 Å². The Morgan fingerprint density at radius 2 is 2.12 bits per heavy atom. The van der Waals surface area contributed by atoms with Gasteiger partial charge >= 0.3 is 5.97 Å². The SMILES string of the molecule is Cc1cc(O)ccc1-c1cc(C(=O)O)no1. The van der Waals surface area contributed by atoms with E-state index >= 15 is 0 Å². The van der Waals surface area contributed by atoms with Crippen molar-refractivity contribution in [2.45, 2.75) is 6.92 Å². The molecular weight excluding hydrogens is 210 g/mol. The number of aromatic carboxylic acids is 1. The predicted octanol–water partition coefficient (Wildman–Crippen LogP) is 2.05. The average Bonchev–Trinajstić information content (AvgIpc) is 2.66. The summed E-state index contributed by atoms with van der Waals surface area (Å²) >= 11 is 0.